The lowest BCUT2D eigenvalue weighted by atomic mass is 10.2. The van der Waals surface area contributed by atoms with E-state index < -0.39 is 0 Å². The highest BCUT2D eigenvalue weighted by Gasteiger charge is 2.11. The van der Waals surface area contributed by atoms with Gasteiger partial charge in [0, 0.05) is 21.5 Å². The van der Waals surface area contributed by atoms with Crippen molar-refractivity contribution in [1.29, 1.82) is 0 Å². The highest BCUT2D eigenvalue weighted by Crippen LogP contribution is 2.34. The Morgan fingerprint density at radius 1 is 1.25 bits per heavy atom. The van der Waals surface area contributed by atoms with Gasteiger partial charge in [0.25, 0.3) is 0 Å². The van der Waals surface area contributed by atoms with Crippen LogP contribution in [-0.2, 0) is 0 Å². The fraction of sp³-hybridized carbons (Fsp3) is 0.100. The molecule has 0 saturated heterocycles. The van der Waals surface area contributed by atoms with Crippen molar-refractivity contribution in [3.8, 4) is 0 Å². The second-order valence-corrected chi connectivity index (χ2v) is 4.40. The molecule has 0 unspecified atom stereocenters. The summed E-state index contributed by atoms with van der Waals surface area (Å²) in [5.74, 6) is 0. The molecule has 0 radical (unpaired) electrons. The van der Waals surface area contributed by atoms with E-state index in [2.05, 4.69) is 37.7 Å². The van der Waals surface area contributed by atoms with Gasteiger partial charge in [-0.3, -0.25) is 0 Å². The molecule has 3 aromatic rings. The Hall–Kier alpha value is -1.82. The van der Waals surface area contributed by atoms with Crippen LogP contribution in [0.3, 0.4) is 0 Å². The van der Waals surface area contributed by atoms with E-state index in [4.69, 9.17) is 0 Å². The Kier molecular flexibility index (Phi) is 2.14. The monoisotopic (exact) mass is 231 g/mol. The van der Waals surface area contributed by atoms with Gasteiger partial charge in [-0.25, -0.2) is 0 Å². The predicted molar refractivity (Wildman–Crippen MR) is 61.3 cm³/mol. The first kappa shape index (κ1) is 9.41. The summed E-state index contributed by atoms with van der Waals surface area (Å²) in [5, 5.41) is 15.7. The van der Waals surface area contributed by atoms with Gasteiger partial charge in [-0.05, 0) is 30.0 Å². The van der Waals surface area contributed by atoms with Crippen LogP contribution in [0.25, 0.3) is 10.9 Å². The van der Waals surface area contributed by atoms with Crippen molar-refractivity contribution >= 4 is 22.7 Å². The van der Waals surface area contributed by atoms with Crippen LogP contribution in [0.4, 0.5) is 0 Å². The molecule has 2 aromatic heterocycles. The van der Waals surface area contributed by atoms with Gasteiger partial charge in [0.2, 0.25) is 5.16 Å². The van der Waals surface area contributed by atoms with Crippen LogP contribution >= 0.6 is 11.8 Å². The third-order valence-electron chi connectivity index (χ3n) is 2.35. The van der Waals surface area contributed by atoms with Crippen molar-refractivity contribution in [2.75, 3.05) is 0 Å². The Morgan fingerprint density at radius 3 is 2.94 bits per heavy atom. The van der Waals surface area contributed by atoms with E-state index in [1.54, 1.807) is 0 Å². The molecular formula is C10H9N5S. The van der Waals surface area contributed by atoms with Gasteiger partial charge in [-0.15, -0.1) is 10.2 Å². The third kappa shape index (κ3) is 1.47. The van der Waals surface area contributed by atoms with Crippen LogP contribution in [0.5, 0.6) is 0 Å². The van der Waals surface area contributed by atoms with Crippen LogP contribution in [0.2, 0.25) is 0 Å². The van der Waals surface area contributed by atoms with E-state index >= 15 is 0 Å². The van der Waals surface area contributed by atoms with Gasteiger partial charge in [0.15, 0.2) is 0 Å². The lowest BCUT2D eigenvalue weighted by molar-refractivity contribution is 0.881. The molecule has 80 valence electrons. The second-order valence-electron chi connectivity index (χ2n) is 3.42. The van der Waals surface area contributed by atoms with Gasteiger partial charge in [0.05, 0.1) is 0 Å². The summed E-state index contributed by atoms with van der Waals surface area (Å²) in [5.41, 5.74) is 2.25. The number of aryl methyl sites for hydroxylation is 1. The number of para-hydroxylation sites is 1. The number of aromatic amines is 2. The molecule has 2 heterocycles. The summed E-state index contributed by atoms with van der Waals surface area (Å²) in [6.07, 6.45) is 0. The molecule has 0 amide bonds. The molecule has 0 aliphatic rings. The first-order valence-electron chi connectivity index (χ1n) is 4.83. The molecular weight excluding hydrogens is 222 g/mol. The molecule has 2 N–H and O–H groups in total. The standard InChI is InChI=1S/C10H9N5S/c1-6-9(16-10-12-14-15-13-10)7-4-2-3-5-8(7)11-6/h2-5,11H,1H3,(H,12,13,14,15). The van der Waals surface area contributed by atoms with Crippen LogP contribution in [0.1, 0.15) is 5.69 Å². The number of hydrogen-bond acceptors (Lipinski definition) is 4. The first-order chi connectivity index (χ1) is 7.84. The molecule has 0 atom stereocenters. The van der Waals surface area contributed by atoms with Gasteiger partial charge in [-0.2, -0.15) is 5.21 Å². The average molecular weight is 231 g/mol. The van der Waals surface area contributed by atoms with Crippen LogP contribution < -0.4 is 0 Å². The second kappa shape index (κ2) is 3.64. The van der Waals surface area contributed by atoms with Crippen LogP contribution in [0.15, 0.2) is 34.3 Å². The van der Waals surface area contributed by atoms with Gasteiger partial charge >= 0.3 is 0 Å². The number of fused-ring (bicyclic) bond motifs is 1. The summed E-state index contributed by atoms with van der Waals surface area (Å²) >= 11 is 1.51. The first-order valence-corrected chi connectivity index (χ1v) is 5.65. The van der Waals surface area contributed by atoms with Crippen molar-refractivity contribution in [3.05, 3.63) is 30.0 Å². The minimum Gasteiger partial charge on any atom is -0.358 e. The molecule has 6 heteroatoms. The third-order valence-corrected chi connectivity index (χ3v) is 3.44. The topological polar surface area (TPSA) is 70.2 Å². The highest BCUT2D eigenvalue weighted by molar-refractivity contribution is 7.99. The smallest absolute Gasteiger partial charge is 0.235 e. The number of nitrogens with zero attached hydrogens (tertiary/aromatic N) is 3. The predicted octanol–water partition coefficient (Wildman–Crippen LogP) is 2.14. The zero-order valence-electron chi connectivity index (χ0n) is 8.56. The number of H-pyrrole nitrogens is 2. The Labute approximate surface area is 95.6 Å². The van der Waals surface area contributed by atoms with Gasteiger partial charge in [0.1, 0.15) is 0 Å². The molecule has 1 aromatic carbocycles. The number of aromatic nitrogens is 5. The van der Waals surface area contributed by atoms with E-state index in [0.717, 1.165) is 16.1 Å². The quantitative estimate of drug-likeness (QED) is 0.709. The summed E-state index contributed by atoms with van der Waals surface area (Å²) in [6.45, 7) is 2.04. The number of nitrogens with one attached hydrogen (secondary N) is 2. The van der Waals surface area contributed by atoms with E-state index in [9.17, 15) is 0 Å². The maximum Gasteiger partial charge on any atom is 0.235 e. The normalized spacial score (nSPS) is 11.1. The number of hydrogen-bond donors (Lipinski definition) is 2. The molecule has 0 aliphatic heterocycles. The maximum absolute atomic E-state index is 3.94. The zero-order chi connectivity index (χ0) is 11.0. The van der Waals surface area contributed by atoms with Crippen molar-refractivity contribution in [2.24, 2.45) is 0 Å². The molecule has 16 heavy (non-hydrogen) atoms. The van der Waals surface area contributed by atoms with Crippen molar-refractivity contribution in [3.63, 3.8) is 0 Å². The van der Waals surface area contributed by atoms with Crippen molar-refractivity contribution in [1.82, 2.24) is 25.6 Å². The van der Waals surface area contributed by atoms with E-state index in [0.29, 0.717) is 5.16 Å². The van der Waals surface area contributed by atoms with E-state index in [1.165, 1.54) is 17.1 Å². The molecule has 3 rings (SSSR count). The molecule has 0 saturated carbocycles. The highest BCUT2D eigenvalue weighted by atomic mass is 32.2. The van der Waals surface area contributed by atoms with E-state index in [-0.39, 0.29) is 0 Å². The van der Waals surface area contributed by atoms with Crippen LogP contribution in [0, 0.1) is 6.92 Å². The van der Waals surface area contributed by atoms with Crippen molar-refractivity contribution < 1.29 is 0 Å². The number of tetrazole rings is 1. The summed E-state index contributed by atoms with van der Waals surface area (Å²) < 4.78 is 0. The largest absolute Gasteiger partial charge is 0.358 e. The fourth-order valence-electron chi connectivity index (χ4n) is 1.67. The molecule has 0 aliphatic carbocycles. The number of benzene rings is 1. The average Bonchev–Trinajstić information content (AvgIpc) is 2.89. The lowest BCUT2D eigenvalue weighted by Gasteiger charge is -1.95. The maximum atomic E-state index is 3.94. The van der Waals surface area contributed by atoms with Crippen LogP contribution in [-0.4, -0.2) is 25.6 Å². The summed E-state index contributed by atoms with van der Waals surface area (Å²) in [6, 6.07) is 8.18. The van der Waals surface area contributed by atoms with Gasteiger partial charge in [-0.1, -0.05) is 18.2 Å². The fourth-order valence-corrected chi connectivity index (χ4v) is 2.51. The van der Waals surface area contributed by atoms with E-state index in [1.807, 2.05) is 19.1 Å². The Balaban J connectivity index is 2.12. The zero-order valence-corrected chi connectivity index (χ0v) is 9.38. The molecule has 0 fully saturated rings. The molecule has 0 spiro atoms. The lowest BCUT2D eigenvalue weighted by Crippen LogP contribution is -1.78. The Bertz CT molecular complexity index is 613. The molecule has 0 bridgehead atoms. The Morgan fingerprint density at radius 2 is 2.12 bits per heavy atom. The number of rotatable bonds is 2. The minimum atomic E-state index is 0.632. The SMILES string of the molecule is Cc1[nH]c2ccccc2c1Sc1nn[nH]n1. The van der Waals surface area contributed by atoms with Crippen molar-refractivity contribution in [2.45, 2.75) is 17.0 Å². The summed E-state index contributed by atoms with van der Waals surface area (Å²) in [4.78, 5) is 4.48. The summed E-state index contributed by atoms with van der Waals surface area (Å²) in [7, 11) is 0. The van der Waals surface area contributed by atoms with Gasteiger partial charge < -0.3 is 4.98 Å². The molecule has 5 nitrogen and oxygen atoms in total. The minimum absolute atomic E-state index is 0.632.